The van der Waals surface area contributed by atoms with Gasteiger partial charge in [-0.25, -0.2) is 13.1 Å². The molecule has 4 nitrogen and oxygen atoms in total. The highest BCUT2D eigenvalue weighted by molar-refractivity contribution is 8.13. The molecule has 102 valence electrons. The van der Waals surface area contributed by atoms with E-state index in [2.05, 4.69) is 5.10 Å². The lowest BCUT2D eigenvalue weighted by Crippen LogP contribution is -2.02. The molecule has 0 spiro atoms. The SMILES string of the molecule is CCc1nn(Cc2ccccc2)c(Cl)c1S(=O)(=O)Cl. The van der Waals surface area contributed by atoms with Gasteiger partial charge in [-0.05, 0) is 12.0 Å². The van der Waals surface area contributed by atoms with Gasteiger partial charge in [0.1, 0.15) is 10.0 Å². The monoisotopic (exact) mass is 318 g/mol. The summed E-state index contributed by atoms with van der Waals surface area (Å²) in [5, 5.41) is 4.26. The highest BCUT2D eigenvalue weighted by Crippen LogP contribution is 2.29. The minimum absolute atomic E-state index is 0.0516. The van der Waals surface area contributed by atoms with Crippen molar-refractivity contribution < 1.29 is 8.42 Å². The van der Waals surface area contributed by atoms with Gasteiger partial charge in [-0.15, -0.1) is 0 Å². The van der Waals surface area contributed by atoms with Crippen LogP contribution in [0.5, 0.6) is 0 Å². The van der Waals surface area contributed by atoms with E-state index in [9.17, 15) is 8.42 Å². The second-order valence-corrected chi connectivity index (χ2v) is 6.86. The van der Waals surface area contributed by atoms with E-state index in [1.165, 1.54) is 4.68 Å². The minimum atomic E-state index is -3.89. The van der Waals surface area contributed by atoms with Crippen molar-refractivity contribution in [3.63, 3.8) is 0 Å². The van der Waals surface area contributed by atoms with Crippen molar-refractivity contribution in [2.24, 2.45) is 0 Å². The molecule has 0 bridgehead atoms. The molecule has 0 atom stereocenters. The summed E-state index contributed by atoms with van der Waals surface area (Å²) in [6, 6.07) is 9.52. The van der Waals surface area contributed by atoms with E-state index < -0.39 is 9.05 Å². The predicted octanol–water partition coefficient (Wildman–Crippen LogP) is 3.07. The Morgan fingerprint density at radius 1 is 1.26 bits per heavy atom. The smallest absolute Gasteiger partial charge is 0.248 e. The van der Waals surface area contributed by atoms with Gasteiger partial charge in [0, 0.05) is 10.7 Å². The first-order valence-electron chi connectivity index (χ1n) is 5.67. The number of rotatable bonds is 4. The molecule has 1 aromatic heterocycles. The molecule has 0 unspecified atom stereocenters. The highest BCUT2D eigenvalue weighted by atomic mass is 35.7. The summed E-state index contributed by atoms with van der Waals surface area (Å²) in [6.45, 7) is 2.20. The van der Waals surface area contributed by atoms with Crippen LogP contribution < -0.4 is 0 Å². The zero-order valence-electron chi connectivity index (χ0n) is 10.2. The van der Waals surface area contributed by atoms with E-state index in [0.29, 0.717) is 18.7 Å². The standard InChI is InChI=1S/C12H12Cl2N2O2S/c1-2-10-11(19(14,17)18)12(13)16(15-10)8-9-6-4-3-5-7-9/h3-7H,2,8H2,1H3. The van der Waals surface area contributed by atoms with E-state index in [0.717, 1.165) is 5.56 Å². The number of hydrogen-bond donors (Lipinski definition) is 0. The summed E-state index contributed by atoms with van der Waals surface area (Å²) >= 11 is 6.08. The maximum Gasteiger partial charge on any atom is 0.266 e. The average Bonchev–Trinajstić information content (AvgIpc) is 2.67. The molecule has 19 heavy (non-hydrogen) atoms. The third-order valence-corrected chi connectivity index (χ3v) is 4.55. The van der Waals surface area contributed by atoms with Crippen molar-refractivity contribution in [3.05, 3.63) is 46.7 Å². The largest absolute Gasteiger partial charge is 0.266 e. The van der Waals surface area contributed by atoms with E-state index >= 15 is 0 Å². The van der Waals surface area contributed by atoms with Crippen molar-refractivity contribution >= 4 is 31.3 Å². The average molecular weight is 319 g/mol. The number of aromatic nitrogens is 2. The van der Waals surface area contributed by atoms with E-state index in [1.54, 1.807) is 6.92 Å². The quantitative estimate of drug-likeness (QED) is 0.814. The Bertz CT molecular complexity index is 681. The number of aryl methyl sites for hydroxylation is 1. The van der Waals surface area contributed by atoms with Gasteiger partial charge >= 0.3 is 0 Å². The van der Waals surface area contributed by atoms with Crippen molar-refractivity contribution in [3.8, 4) is 0 Å². The van der Waals surface area contributed by atoms with Crippen LogP contribution in [0.15, 0.2) is 35.2 Å². The van der Waals surface area contributed by atoms with Gasteiger partial charge in [-0.1, -0.05) is 48.9 Å². The van der Waals surface area contributed by atoms with Gasteiger partial charge in [0.15, 0.2) is 0 Å². The van der Waals surface area contributed by atoms with Crippen LogP contribution in [0.4, 0.5) is 0 Å². The fourth-order valence-corrected chi connectivity index (χ4v) is 3.69. The van der Waals surface area contributed by atoms with Gasteiger partial charge in [-0.2, -0.15) is 5.10 Å². The zero-order chi connectivity index (χ0) is 14.0. The topological polar surface area (TPSA) is 52.0 Å². The number of benzene rings is 1. The zero-order valence-corrected chi connectivity index (χ0v) is 12.5. The van der Waals surface area contributed by atoms with E-state index in [-0.39, 0.29) is 10.0 Å². The molecule has 0 N–H and O–H groups in total. The summed E-state index contributed by atoms with van der Waals surface area (Å²) in [5.41, 5.74) is 1.36. The summed E-state index contributed by atoms with van der Waals surface area (Å²) < 4.78 is 24.5. The van der Waals surface area contributed by atoms with Crippen molar-refractivity contribution in [1.29, 1.82) is 0 Å². The molecular formula is C12H12Cl2N2O2S. The first-order valence-corrected chi connectivity index (χ1v) is 8.36. The Morgan fingerprint density at radius 3 is 2.37 bits per heavy atom. The lowest BCUT2D eigenvalue weighted by Gasteiger charge is -2.03. The fraction of sp³-hybridized carbons (Fsp3) is 0.250. The summed E-state index contributed by atoms with van der Waals surface area (Å²) in [4.78, 5) is -0.0886. The molecule has 0 saturated heterocycles. The third-order valence-electron chi connectivity index (χ3n) is 2.67. The summed E-state index contributed by atoms with van der Waals surface area (Å²) in [7, 11) is 1.51. The van der Waals surface area contributed by atoms with E-state index in [1.807, 2.05) is 30.3 Å². The molecular weight excluding hydrogens is 307 g/mol. The molecule has 2 aromatic rings. The van der Waals surface area contributed by atoms with Gasteiger partial charge in [-0.3, -0.25) is 0 Å². The molecule has 0 saturated carbocycles. The third kappa shape index (κ3) is 3.11. The maximum atomic E-state index is 11.5. The molecule has 0 fully saturated rings. The Hall–Kier alpha value is -1.04. The van der Waals surface area contributed by atoms with Gasteiger partial charge in [0.25, 0.3) is 9.05 Å². The highest BCUT2D eigenvalue weighted by Gasteiger charge is 2.25. The first kappa shape index (κ1) is 14.4. The molecule has 7 heteroatoms. The molecule has 0 aliphatic rings. The van der Waals surface area contributed by atoms with Gasteiger partial charge in [0.05, 0.1) is 12.2 Å². The second kappa shape index (κ2) is 5.53. The molecule has 1 aromatic carbocycles. The summed E-state index contributed by atoms with van der Waals surface area (Å²) in [6.07, 6.45) is 0.447. The van der Waals surface area contributed by atoms with Crippen LogP contribution in [0.2, 0.25) is 5.15 Å². The lowest BCUT2D eigenvalue weighted by atomic mass is 10.2. The summed E-state index contributed by atoms with van der Waals surface area (Å²) in [5.74, 6) is 0. The van der Waals surface area contributed by atoms with Gasteiger partial charge < -0.3 is 0 Å². The molecule has 2 rings (SSSR count). The molecule has 0 radical (unpaired) electrons. The Morgan fingerprint density at radius 2 is 1.89 bits per heavy atom. The van der Waals surface area contributed by atoms with Crippen molar-refractivity contribution in [2.75, 3.05) is 0 Å². The van der Waals surface area contributed by atoms with Crippen LogP contribution in [0.25, 0.3) is 0 Å². The molecule has 0 aliphatic carbocycles. The second-order valence-electron chi connectivity index (χ2n) is 4.00. The number of nitrogens with zero attached hydrogens (tertiary/aromatic N) is 2. The molecule has 1 heterocycles. The number of halogens is 2. The molecule has 0 amide bonds. The molecule has 0 aliphatic heterocycles. The van der Waals surface area contributed by atoms with Crippen LogP contribution in [0.3, 0.4) is 0 Å². The van der Waals surface area contributed by atoms with Crippen molar-refractivity contribution in [1.82, 2.24) is 9.78 Å². The lowest BCUT2D eigenvalue weighted by molar-refractivity contribution is 0.608. The van der Waals surface area contributed by atoms with Crippen LogP contribution in [-0.2, 0) is 22.0 Å². The minimum Gasteiger partial charge on any atom is -0.248 e. The Balaban J connectivity index is 2.46. The predicted molar refractivity (Wildman–Crippen MR) is 75.2 cm³/mol. The van der Waals surface area contributed by atoms with Crippen LogP contribution in [0.1, 0.15) is 18.2 Å². The normalized spacial score (nSPS) is 11.7. The fourth-order valence-electron chi connectivity index (χ4n) is 1.81. The maximum absolute atomic E-state index is 11.5. The van der Waals surface area contributed by atoms with Crippen LogP contribution >= 0.6 is 22.3 Å². The Kier molecular flexibility index (Phi) is 4.18. The van der Waals surface area contributed by atoms with Crippen LogP contribution in [0, 0.1) is 0 Å². The van der Waals surface area contributed by atoms with Crippen molar-refractivity contribution in [2.45, 2.75) is 24.8 Å². The number of hydrogen-bond acceptors (Lipinski definition) is 3. The first-order chi connectivity index (χ1) is 8.93. The Labute approximate surface area is 121 Å². The van der Waals surface area contributed by atoms with E-state index in [4.69, 9.17) is 22.3 Å². The van der Waals surface area contributed by atoms with Gasteiger partial charge in [0.2, 0.25) is 0 Å². The van der Waals surface area contributed by atoms with Crippen LogP contribution in [-0.4, -0.2) is 18.2 Å².